The average molecular weight is 953 g/mol. The summed E-state index contributed by atoms with van der Waals surface area (Å²) in [4.78, 5) is 48.4. The molecule has 0 N–H and O–H groups in total. The molecule has 2 aromatic rings. The second-order valence-electron chi connectivity index (χ2n) is 14.0. The van der Waals surface area contributed by atoms with Gasteiger partial charge in [0.05, 0.1) is 158 Å². The minimum atomic E-state index is -0.578. The SMILES string of the molecule is C=C(C)C(=O)OCCOCCCC(=O)OCCOCCOCCOCCOCCOCCOCCOCCOCCOCCOCCOCCOC(=O)c1ccccc1C(=O)c1ccccc1. The highest BCUT2D eigenvalue weighted by molar-refractivity contribution is 6.14. The smallest absolute Gasteiger partial charge is 0.338 e. The lowest BCUT2D eigenvalue weighted by Gasteiger charge is -2.10. The van der Waals surface area contributed by atoms with Gasteiger partial charge in [-0.3, -0.25) is 9.59 Å². The fraction of sp³-hybridized carbons (Fsp3) is 0.625. The Morgan fingerprint density at radius 3 is 1.07 bits per heavy atom. The molecule has 0 aliphatic rings. The van der Waals surface area contributed by atoms with Gasteiger partial charge in [0.25, 0.3) is 0 Å². The minimum absolute atomic E-state index is 0.0518. The van der Waals surface area contributed by atoms with Crippen molar-refractivity contribution in [2.75, 3.05) is 178 Å². The zero-order valence-electron chi connectivity index (χ0n) is 39.2. The Morgan fingerprint density at radius 1 is 0.373 bits per heavy atom. The summed E-state index contributed by atoms with van der Waals surface area (Å²) in [6.45, 7) is 15.2. The molecule has 0 unspecified atom stereocenters. The van der Waals surface area contributed by atoms with E-state index in [1.165, 1.54) is 0 Å². The predicted octanol–water partition coefficient (Wildman–Crippen LogP) is 3.72. The summed E-state index contributed by atoms with van der Waals surface area (Å²) >= 11 is 0. The standard InChI is InChI=1S/C48H72O19/c1-41(2)47(51)66-39-36-53-14-8-13-45(49)65-38-35-63-33-31-61-29-27-59-25-23-57-21-19-55-17-15-54-16-18-56-20-22-58-24-26-60-28-30-62-32-34-64-37-40-67-48(52)44-12-7-6-11-43(44)46(50)42-9-4-3-5-10-42/h3-7,9-12H,1,8,13-40H2,2H3. The largest absolute Gasteiger partial charge is 0.463 e. The van der Waals surface area contributed by atoms with Gasteiger partial charge in [-0.05, 0) is 19.4 Å². The molecule has 67 heavy (non-hydrogen) atoms. The van der Waals surface area contributed by atoms with Crippen LogP contribution in [-0.2, 0) is 80.6 Å². The van der Waals surface area contributed by atoms with E-state index < -0.39 is 11.9 Å². The van der Waals surface area contributed by atoms with Crippen molar-refractivity contribution >= 4 is 23.7 Å². The van der Waals surface area contributed by atoms with Gasteiger partial charge in [0.2, 0.25) is 0 Å². The molecule has 0 atom stereocenters. The number of ether oxygens (including phenoxy) is 15. The summed E-state index contributed by atoms with van der Waals surface area (Å²) in [6.07, 6.45) is 0.738. The van der Waals surface area contributed by atoms with Gasteiger partial charge in [0, 0.05) is 29.7 Å². The lowest BCUT2D eigenvalue weighted by Crippen LogP contribution is -2.16. The fourth-order valence-electron chi connectivity index (χ4n) is 5.20. The average Bonchev–Trinajstić information content (AvgIpc) is 3.34. The van der Waals surface area contributed by atoms with Crippen LogP contribution in [0.25, 0.3) is 0 Å². The van der Waals surface area contributed by atoms with E-state index >= 15 is 0 Å². The fourth-order valence-corrected chi connectivity index (χ4v) is 5.20. The second kappa shape index (κ2) is 43.1. The van der Waals surface area contributed by atoms with Gasteiger partial charge in [0.1, 0.15) is 19.8 Å². The third-order valence-electron chi connectivity index (χ3n) is 8.58. The van der Waals surface area contributed by atoms with E-state index in [1.807, 2.05) is 6.07 Å². The maximum atomic E-state index is 12.8. The van der Waals surface area contributed by atoms with Crippen LogP contribution in [0.5, 0.6) is 0 Å². The Morgan fingerprint density at radius 2 is 0.687 bits per heavy atom. The molecule has 0 aromatic heterocycles. The first kappa shape index (κ1) is 58.9. The Balaban J connectivity index is 1.19. The number of hydrogen-bond donors (Lipinski definition) is 0. The van der Waals surface area contributed by atoms with Gasteiger partial charge < -0.3 is 71.1 Å². The first-order valence-electron chi connectivity index (χ1n) is 22.7. The quantitative estimate of drug-likeness (QED) is 0.0305. The first-order chi connectivity index (χ1) is 32.9. The number of hydrogen-bond acceptors (Lipinski definition) is 19. The van der Waals surface area contributed by atoms with Gasteiger partial charge in [-0.15, -0.1) is 0 Å². The molecule has 0 saturated carbocycles. The molecule has 0 aliphatic carbocycles. The predicted molar refractivity (Wildman–Crippen MR) is 242 cm³/mol. The lowest BCUT2D eigenvalue weighted by atomic mass is 9.98. The topological polar surface area (TPSA) is 207 Å². The summed E-state index contributed by atoms with van der Waals surface area (Å²) in [7, 11) is 0. The van der Waals surface area contributed by atoms with Crippen LogP contribution in [0.1, 0.15) is 46.0 Å². The van der Waals surface area contributed by atoms with Crippen molar-refractivity contribution in [1.82, 2.24) is 0 Å². The molecule has 0 saturated heterocycles. The van der Waals surface area contributed by atoms with E-state index in [9.17, 15) is 19.2 Å². The Labute approximate surface area is 394 Å². The van der Waals surface area contributed by atoms with Crippen LogP contribution in [0.4, 0.5) is 0 Å². The van der Waals surface area contributed by atoms with Gasteiger partial charge >= 0.3 is 17.9 Å². The van der Waals surface area contributed by atoms with Crippen LogP contribution < -0.4 is 0 Å². The second-order valence-corrected chi connectivity index (χ2v) is 14.0. The Hall–Kier alpha value is -4.22. The zero-order valence-corrected chi connectivity index (χ0v) is 39.2. The molecular formula is C48H72O19. The molecule has 0 aliphatic heterocycles. The third kappa shape index (κ3) is 33.8. The first-order valence-corrected chi connectivity index (χ1v) is 22.7. The molecule has 0 radical (unpaired) electrons. The minimum Gasteiger partial charge on any atom is -0.463 e. The van der Waals surface area contributed by atoms with Crippen molar-refractivity contribution in [1.29, 1.82) is 0 Å². The summed E-state index contributed by atoms with van der Waals surface area (Å²) in [5.41, 5.74) is 1.34. The molecule has 378 valence electrons. The van der Waals surface area contributed by atoms with Crippen molar-refractivity contribution in [3.8, 4) is 0 Å². The molecule has 0 fully saturated rings. The van der Waals surface area contributed by atoms with Gasteiger partial charge in [-0.2, -0.15) is 0 Å². The van der Waals surface area contributed by atoms with E-state index in [0.29, 0.717) is 162 Å². The Kier molecular flexibility index (Phi) is 37.9. The van der Waals surface area contributed by atoms with E-state index in [-0.39, 0.29) is 63.4 Å². The summed E-state index contributed by atoms with van der Waals surface area (Å²) in [5.74, 6) is -1.60. The lowest BCUT2D eigenvalue weighted by molar-refractivity contribution is -0.145. The van der Waals surface area contributed by atoms with Gasteiger partial charge in [0.15, 0.2) is 5.78 Å². The molecule has 2 rings (SSSR count). The van der Waals surface area contributed by atoms with Crippen molar-refractivity contribution in [3.63, 3.8) is 0 Å². The van der Waals surface area contributed by atoms with Crippen LogP contribution in [0.3, 0.4) is 0 Å². The number of benzene rings is 2. The third-order valence-corrected chi connectivity index (χ3v) is 8.58. The molecule has 0 bridgehead atoms. The van der Waals surface area contributed by atoms with E-state index in [4.69, 9.17) is 71.1 Å². The number of ketones is 1. The van der Waals surface area contributed by atoms with Crippen LogP contribution in [0.15, 0.2) is 66.7 Å². The molecule has 0 heterocycles. The molecular weight excluding hydrogens is 881 g/mol. The number of rotatable bonds is 47. The van der Waals surface area contributed by atoms with E-state index in [2.05, 4.69) is 6.58 Å². The van der Waals surface area contributed by atoms with Crippen LogP contribution in [-0.4, -0.2) is 202 Å². The van der Waals surface area contributed by atoms with Crippen LogP contribution in [0.2, 0.25) is 0 Å². The number of carbonyl (C=O) groups excluding carboxylic acids is 4. The van der Waals surface area contributed by atoms with Crippen molar-refractivity contribution in [2.45, 2.75) is 19.8 Å². The van der Waals surface area contributed by atoms with Crippen LogP contribution >= 0.6 is 0 Å². The van der Waals surface area contributed by atoms with Crippen molar-refractivity contribution < 1.29 is 90.2 Å². The van der Waals surface area contributed by atoms with Gasteiger partial charge in [-0.1, -0.05) is 55.1 Å². The van der Waals surface area contributed by atoms with Crippen molar-refractivity contribution in [3.05, 3.63) is 83.4 Å². The normalized spacial score (nSPS) is 11.1. The maximum Gasteiger partial charge on any atom is 0.338 e. The van der Waals surface area contributed by atoms with Crippen molar-refractivity contribution in [2.24, 2.45) is 0 Å². The highest BCUT2D eigenvalue weighted by Gasteiger charge is 2.19. The monoisotopic (exact) mass is 952 g/mol. The number of esters is 3. The summed E-state index contributed by atoms with van der Waals surface area (Å²) in [5, 5.41) is 0. The summed E-state index contributed by atoms with van der Waals surface area (Å²) < 4.78 is 80.9. The molecule has 0 spiro atoms. The van der Waals surface area contributed by atoms with Crippen LogP contribution in [0, 0.1) is 0 Å². The van der Waals surface area contributed by atoms with E-state index in [0.717, 1.165) is 0 Å². The highest BCUT2D eigenvalue weighted by Crippen LogP contribution is 2.16. The van der Waals surface area contributed by atoms with Gasteiger partial charge in [-0.25, -0.2) is 9.59 Å². The van der Waals surface area contributed by atoms with E-state index in [1.54, 1.807) is 55.5 Å². The molecule has 19 heteroatoms. The highest BCUT2D eigenvalue weighted by atomic mass is 16.6. The number of carbonyl (C=O) groups is 4. The Bertz CT molecular complexity index is 1560. The molecule has 2 aromatic carbocycles. The molecule has 19 nitrogen and oxygen atoms in total. The molecule has 0 amide bonds. The summed E-state index contributed by atoms with van der Waals surface area (Å²) in [6, 6.07) is 15.4. The maximum absolute atomic E-state index is 12.8. The zero-order chi connectivity index (χ0) is 48.1.